The molecule has 0 aliphatic heterocycles. The Morgan fingerprint density at radius 2 is 1.49 bits per heavy atom. The average molecular weight is 508 g/mol. The second-order valence-electron chi connectivity index (χ2n) is 7.04. The molecule has 0 spiro atoms. The molecule has 1 N–H and O–H groups in total. The van der Waals surface area contributed by atoms with Gasteiger partial charge in [0.25, 0.3) is 5.91 Å². The van der Waals surface area contributed by atoms with Crippen molar-refractivity contribution in [2.75, 3.05) is 0 Å². The van der Waals surface area contributed by atoms with Crippen molar-refractivity contribution in [3.05, 3.63) is 94.8 Å². The summed E-state index contributed by atoms with van der Waals surface area (Å²) in [7, 11) is 0. The number of pyridine rings is 1. The first-order chi connectivity index (χ1) is 16.1. The van der Waals surface area contributed by atoms with Crippen LogP contribution >= 0.6 is 0 Å². The van der Waals surface area contributed by atoms with Crippen molar-refractivity contribution in [1.82, 2.24) is 10.3 Å². The molecule has 0 bridgehead atoms. The lowest BCUT2D eigenvalue weighted by Gasteiger charge is -2.23. The maximum atomic E-state index is 13.6. The topological polar surface area (TPSA) is 51.2 Å². The average Bonchev–Trinajstić information content (AvgIpc) is 2.75. The van der Waals surface area contributed by atoms with Crippen LogP contribution in [0, 0.1) is 0 Å². The SMILES string of the molecule is O=C(NC(c1ccc(C(F)(F)F)cc1)c1ncccc1C(F)(F)F)c1cccc(OC(F)(F)F)c1. The summed E-state index contributed by atoms with van der Waals surface area (Å²) in [5.41, 5.74) is -3.66. The van der Waals surface area contributed by atoms with E-state index in [2.05, 4.69) is 15.0 Å². The number of carbonyl (C=O) groups excluding carboxylic acids is 1. The molecule has 35 heavy (non-hydrogen) atoms. The van der Waals surface area contributed by atoms with Crippen LogP contribution in [0.15, 0.2) is 66.9 Å². The van der Waals surface area contributed by atoms with Crippen molar-refractivity contribution >= 4 is 5.91 Å². The zero-order valence-electron chi connectivity index (χ0n) is 17.1. The lowest BCUT2D eigenvalue weighted by Crippen LogP contribution is -2.31. The summed E-state index contributed by atoms with van der Waals surface area (Å²) in [6, 6.07) is 6.64. The Labute approximate surface area is 191 Å². The minimum absolute atomic E-state index is 0.182. The van der Waals surface area contributed by atoms with E-state index in [4.69, 9.17) is 0 Å². The fourth-order valence-electron chi connectivity index (χ4n) is 3.11. The molecule has 0 saturated heterocycles. The van der Waals surface area contributed by atoms with Gasteiger partial charge in [0.05, 0.1) is 22.9 Å². The number of rotatable bonds is 5. The maximum Gasteiger partial charge on any atom is 0.573 e. The van der Waals surface area contributed by atoms with E-state index in [9.17, 15) is 44.3 Å². The molecule has 3 rings (SSSR count). The Bertz CT molecular complexity index is 1190. The number of aromatic nitrogens is 1. The van der Waals surface area contributed by atoms with E-state index in [0.29, 0.717) is 24.3 Å². The van der Waals surface area contributed by atoms with Gasteiger partial charge >= 0.3 is 18.7 Å². The zero-order chi connectivity index (χ0) is 26.0. The molecule has 4 nitrogen and oxygen atoms in total. The summed E-state index contributed by atoms with van der Waals surface area (Å²) in [6.45, 7) is 0. The fraction of sp³-hybridized carbons (Fsp3) is 0.182. The van der Waals surface area contributed by atoms with Crippen LogP contribution in [-0.2, 0) is 12.4 Å². The molecule has 1 aromatic heterocycles. The van der Waals surface area contributed by atoms with E-state index in [1.165, 1.54) is 0 Å². The van der Waals surface area contributed by atoms with Gasteiger partial charge < -0.3 is 10.1 Å². The molecule has 0 radical (unpaired) electrons. The number of ether oxygens (including phenoxy) is 1. The van der Waals surface area contributed by atoms with Gasteiger partial charge in [-0.2, -0.15) is 26.3 Å². The third kappa shape index (κ3) is 6.64. The monoisotopic (exact) mass is 508 g/mol. The van der Waals surface area contributed by atoms with E-state index in [1.54, 1.807) is 0 Å². The van der Waals surface area contributed by atoms with Gasteiger partial charge in [-0.15, -0.1) is 13.2 Å². The first-order valence-corrected chi connectivity index (χ1v) is 9.51. The first kappa shape index (κ1) is 25.8. The van der Waals surface area contributed by atoms with Gasteiger partial charge in [-0.3, -0.25) is 9.78 Å². The lowest BCUT2D eigenvalue weighted by molar-refractivity contribution is -0.274. The number of benzene rings is 2. The van der Waals surface area contributed by atoms with Gasteiger partial charge in [-0.1, -0.05) is 18.2 Å². The van der Waals surface area contributed by atoms with Crippen molar-refractivity contribution in [3.8, 4) is 5.75 Å². The third-order valence-corrected chi connectivity index (χ3v) is 4.59. The van der Waals surface area contributed by atoms with Crippen molar-refractivity contribution in [3.63, 3.8) is 0 Å². The number of halogens is 9. The summed E-state index contributed by atoms with van der Waals surface area (Å²) >= 11 is 0. The van der Waals surface area contributed by atoms with Gasteiger partial charge in [-0.05, 0) is 48.0 Å². The smallest absolute Gasteiger partial charge is 0.406 e. The quantitative estimate of drug-likeness (QED) is 0.399. The predicted molar refractivity (Wildman–Crippen MR) is 103 cm³/mol. The molecule has 1 amide bonds. The Kier molecular flexibility index (Phi) is 6.99. The summed E-state index contributed by atoms with van der Waals surface area (Å²) in [4.78, 5) is 16.4. The molecule has 13 heteroatoms. The van der Waals surface area contributed by atoms with E-state index in [1.807, 2.05) is 0 Å². The molecule has 1 atom stereocenters. The fourth-order valence-corrected chi connectivity index (χ4v) is 3.11. The number of alkyl halides is 9. The number of nitrogens with one attached hydrogen (secondary N) is 1. The van der Waals surface area contributed by atoms with Crippen LogP contribution in [0.25, 0.3) is 0 Å². The minimum Gasteiger partial charge on any atom is -0.406 e. The van der Waals surface area contributed by atoms with Gasteiger partial charge in [0.2, 0.25) is 0 Å². The van der Waals surface area contributed by atoms with Gasteiger partial charge in [0.1, 0.15) is 5.75 Å². The van der Waals surface area contributed by atoms with Crippen LogP contribution in [0.4, 0.5) is 39.5 Å². The molecular formula is C22H13F9N2O2. The van der Waals surface area contributed by atoms with Crippen LogP contribution in [0.2, 0.25) is 0 Å². The highest BCUT2D eigenvalue weighted by molar-refractivity contribution is 5.95. The van der Waals surface area contributed by atoms with Crippen molar-refractivity contribution in [2.45, 2.75) is 24.8 Å². The Balaban J connectivity index is 2.04. The molecule has 186 valence electrons. The Morgan fingerprint density at radius 3 is 2.06 bits per heavy atom. The largest absolute Gasteiger partial charge is 0.573 e. The summed E-state index contributed by atoms with van der Waals surface area (Å²) in [6.07, 6.45) is -13.7. The lowest BCUT2D eigenvalue weighted by atomic mass is 9.97. The summed E-state index contributed by atoms with van der Waals surface area (Å²) < 4.78 is 121. The van der Waals surface area contributed by atoms with Gasteiger partial charge in [0.15, 0.2) is 0 Å². The normalized spacial score (nSPS) is 13.3. The second kappa shape index (κ2) is 9.47. The zero-order valence-corrected chi connectivity index (χ0v) is 17.1. The van der Waals surface area contributed by atoms with E-state index in [0.717, 1.165) is 42.6 Å². The van der Waals surface area contributed by atoms with Crippen LogP contribution in [0.5, 0.6) is 5.75 Å². The van der Waals surface area contributed by atoms with Crippen LogP contribution in [-0.4, -0.2) is 17.3 Å². The maximum absolute atomic E-state index is 13.6. The molecule has 0 aliphatic rings. The highest BCUT2D eigenvalue weighted by Crippen LogP contribution is 2.37. The van der Waals surface area contributed by atoms with E-state index >= 15 is 0 Å². The van der Waals surface area contributed by atoms with Crippen LogP contribution in [0.1, 0.15) is 38.8 Å². The minimum atomic E-state index is -5.06. The molecule has 2 aromatic carbocycles. The van der Waals surface area contributed by atoms with Crippen molar-refractivity contribution in [1.29, 1.82) is 0 Å². The summed E-state index contributed by atoms with van der Waals surface area (Å²) in [5, 5.41) is 2.21. The molecular weight excluding hydrogens is 495 g/mol. The van der Waals surface area contributed by atoms with Crippen LogP contribution in [0.3, 0.4) is 0 Å². The highest BCUT2D eigenvalue weighted by atomic mass is 19.4. The molecule has 1 heterocycles. The predicted octanol–water partition coefficient (Wildman–Crippen LogP) is 6.54. The Morgan fingerprint density at radius 1 is 0.829 bits per heavy atom. The molecule has 0 aliphatic carbocycles. The number of hydrogen-bond acceptors (Lipinski definition) is 3. The first-order valence-electron chi connectivity index (χ1n) is 9.51. The second-order valence-corrected chi connectivity index (χ2v) is 7.04. The van der Waals surface area contributed by atoms with Crippen molar-refractivity contribution < 1.29 is 49.0 Å². The number of amides is 1. The molecule has 0 fully saturated rings. The van der Waals surface area contributed by atoms with Crippen molar-refractivity contribution in [2.24, 2.45) is 0 Å². The van der Waals surface area contributed by atoms with E-state index < -0.39 is 58.8 Å². The van der Waals surface area contributed by atoms with Gasteiger partial charge in [-0.25, -0.2) is 0 Å². The standard InChI is InChI=1S/C22H13F9N2O2/c23-20(24,25)14-8-6-12(7-9-14)17(18-16(21(26,27)28)5-2-10-32-18)33-19(34)13-3-1-4-15(11-13)35-22(29,30)31/h1-11,17H,(H,33,34). The van der Waals surface area contributed by atoms with Crippen LogP contribution < -0.4 is 10.1 Å². The van der Waals surface area contributed by atoms with E-state index in [-0.39, 0.29) is 5.56 Å². The third-order valence-electron chi connectivity index (χ3n) is 4.59. The molecule has 1 unspecified atom stereocenters. The van der Waals surface area contributed by atoms with Gasteiger partial charge in [0, 0.05) is 11.8 Å². The summed E-state index contributed by atoms with van der Waals surface area (Å²) in [5.74, 6) is -1.88. The number of nitrogens with zero attached hydrogens (tertiary/aromatic N) is 1. The number of carbonyl (C=O) groups is 1. The molecule has 3 aromatic rings. The highest BCUT2D eigenvalue weighted by Gasteiger charge is 2.38. The Hall–Kier alpha value is -3.77. The molecule has 0 saturated carbocycles. The number of hydrogen-bond donors (Lipinski definition) is 1.